The van der Waals surface area contributed by atoms with Crippen LogP contribution in [0.4, 0.5) is 5.69 Å². The number of aliphatic imine (C=N–C) groups is 1. The van der Waals surface area contributed by atoms with E-state index in [4.69, 9.17) is 30.8 Å². The highest BCUT2D eigenvalue weighted by molar-refractivity contribution is 9.10. The summed E-state index contributed by atoms with van der Waals surface area (Å²) in [4.78, 5) is 20.8. The summed E-state index contributed by atoms with van der Waals surface area (Å²) in [6.07, 6.45) is -0.237. The Balaban J connectivity index is 1.78. The molecule has 3 aromatic carbocycles. The number of amides is 1. The zero-order chi connectivity index (χ0) is 25.5. The number of aliphatic hydroxyl groups excluding tert-OH is 1. The minimum absolute atomic E-state index is 0.0527. The van der Waals surface area contributed by atoms with Crippen LogP contribution in [-0.4, -0.2) is 35.7 Å². The van der Waals surface area contributed by atoms with Gasteiger partial charge in [-0.3, -0.25) is 4.79 Å². The fourth-order valence-electron chi connectivity index (χ4n) is 4.06. The monoisotopic (exact) mass is 549 g/mol. The second-order valence-corrected chi connectivity index (χ2v) is 9.02. The topological polar surface area (TPSA) is 143 Å². The molecular formula is C26H24BrN5O4. The van der Waals surface area contributed by atoms with Crippen LogP contribution in [0.2, 0.25) is 0 Å². The number of aliphatic hydroxyl groups is 1. The summed E-state index contributed by atoms with van der Waals surface area (Å²) in [5.41, 5.74) is 15.9. The van der Waals surface area contributed by atoms with E-state index in [1.807, 2.05) is 24.3 Å². The van der Waals surface area contributed by atoms with Crippen molar-refractivity contribution < 1.29 is 19.4 Å². The van der Waals surface area contributed by atoms with Crippen LogP contribution in [0.3, 0.4) is 0 Å². The standard InChI is InChI=1S/C26H24BrN5O4/c27-21-8-3-2-7-20(21)23-26(25(28)34,16-18-6-1-4-9-22(18)31-32-29)30-24(36-23)17-10-12-19(13-11-17)35-15-5-14-33/h1-4,6-13,23,33H,5,14-16H2,(H2,28,34)/t23-,26-/m1/s1. The third-order valence-electron chi connectivity index (χ3n) is 5.86. The molecule has 36 heavy (non-hydrogen) atoms. The minimum Gasteiger partial charge on any atom is -0.494 e. The van der Waals surface area contributed by atoms with Gasteiger partial charge in [-0.2, -0.15) is 0 Å². The van der Waals surface area contributed by atoms with Gasteiger partial charge >= 0.3 is 0 Å². The fraction of sp³-hybridized carbons (Fsp3) is 0.231. The molecule has 3 N–H and O–H groups in total. The second-order valence-electron chi connectivity index (χ2n) is 8.17. The largest absolute Gasteiger partial charge is 0.494 e. The number of halogens is 1. The first-order chi connectivity index (χ1) is 17.5. The van der Waals surface area contributed by atoms with Gasteiger partial charge in [0.15, 0.2) is 11.6 Å². The summed E-state index contributed by atoms with van der Waals surface area (Å²) < 4.78 is 12.7. The number of benzene rings is 3. The Hall–Kier alpha value is -3.85. The molecule has 0 aliphatic carbocycles. The average Bonchev–Trinajstić information content (AvgIpc) is 3.27. The molecule has 0 fully saturated rings. The fourth-order valence-corrected chi connectivity index (χ4v) is 4.56. The van der Waals surface area contributed by atoms with E-state index in [0.717, 1.165) is 4.47 Å². The van der Waals surface area contributed by atoms with E-state index in [1.54, 1.807) is 48.5 Å². The lowest BCUT2D eigenvalue weighted by atomic mass is 9.82. The van der Waals surface area contributed by atoms with Gasteiger partial charge in [0, 0.05) is 45.6 Å². The maximum absolute atomic E-state index is 13.1. The molecule has 10 heteroatoms. The average molecular weight is 550 g/mol. The van der Waals surface area contributed by atoms with E-state index in [1.165, 1.54) is 0 Å². The zero-order valence-corrected chi connectivity index (χ0v) is 20.8. The lowest BCUT2D eigenvalue weighted by molar-refractivity contribution is -0.125. The van der Waals surface area contributed by atoms with E-state index in [2.05, 4.69) is 26.0 Å². The molecule has 1 aliphatic rings. The number of carbonyl (C=O) groups excluding carboxylic acids is 1. The molecule has 1 aliphatic heterocycles. The third-order valence-corrected chi connectivity index (χ3v) is 6.58. The van der Waals surface area contributed by atoms with Crippen LogP contribution >= 0.6 is 15.9 Å². The van der Waals surface area contributed by atoms with Crippen LogP contribution in [0.15, 0.2) is 87.4 Å². The van der Waals surface area contributed by atoms with Crippen molar-refractivity contribution >= 4 is 33.4 Å². The molecule has 0 aromatic heterocycles. The Morgan fingerprint density at radius 1 is 1.17 bits per heavy atom. The molecule has 1 amide bonds. The van der Waals surface area contributed by atoms with Crippen molar-refractivity contribution in [3.8, 4) is 5.75 Å². The van der Waals surface area contributed by atoms with Gasteiger partial charge in [-0.05, 0) is 41.4 Å². The molecular weight excluding hydrogens is 526 g/mol. The number of carbonyl (C=O) groups is 1. The maximum atomic E-state index is 13.1. The van der Waals surface area contributed by atoms with Crippen LogP contribution in [0.25, 0.3) is 10.4 Å². The molecule has 2 atom stereocenters. The molecule has 0 spiro atoms. The predicted octanol–water partition coefficient (Wildman–Crippen LogP) is 5.14. The normalized spacial score (nSPS) is 18.6. The van der Waals surface area contributed by atoms with Gasteiger partial charge in [-0.25, -0.2) is 4.99 Å². The molecule has 0 radical (unpaired) electrons. The van der Waals surface area contributed by atoms with Crippen molar-refractivity contribution in [2.45, 2.75) is 24.5 Å². The molecule has 0 saturated heterocycles. The molecule has 1 heterocycles. The molecule has 0 unspecified atom stereocenters. The lowest BCUT2D eigenvalue weighted by Crippen LogP contribution is -2.47. The van der Waals surface area contributed by atoms with Crippen molar-refractivity contribution in [3.05, 3.63) is 104 Å². The van der Waals surface area contributed by atoms with Crippen LogP contribution in [0, 0.1) is 0 Å². The number of nitrogens with two attached hydrogens (primary N) is 1. The molecule has 0 saturated carbocycles. The first-order valence-corrected chi connectivity index (χ1v) is 12.1. The quantitative estimate of drug-likeness (QED) is 0.156. The number of primary amides is 1. The highest BCUT2D eigenvalue weighted by Gasteiger charge is 2.53. The van der Waals surface area contributed by atoms with E-state index in [-0.39, 0.29) is 18.9 Å². The first-order valence-electron chi connectivity index (χ1n) is 11.3. The van der Waals surface area contributed by atoms with Gasteiger partial charge in [0.1, 0.15) is 5.75 Å². The van der Waals surface area contributed by atoms with E-state index in [9.17, 15) is 4.79 Å². The van der Waals surface area contributed by atoms with Gasteiger partial charge in [-0.1, -0.05) is 63.5 Å². The Morgan fingerprint density at radius 2 is 1.89 bits per heavy atom. The molecule has 3 aromatic rings. The summed E-state index contributed by atoms with van der Waals surface area (Å²) >= 11 is 3.56. The van der Waals surface area contributed by atoms with Gasteiger partial charge in [-0.15, -0.1) is 0 Å². The van der Waals surface area contributed by atoms with Crippen LogP contribution in [-0.2, 0) is 16.0 Å². The van der Waals surface area contributed by atoms with Gasteiger partial charge in [0.05, 0.1) is 6.61 Å². The number of ether oxygens (including phenoxy) is 2. The van der Waals surface area contributed by atoms with E-state index in [0.29, 0.717) is 41.2 Å². The van der Waals surface area contributed by atoms with Crippen molar-refractivity contribution in [2.24, 2.45) is 15.8 Å². The highest BCUT2D eigenvalue weighted by Crippen LogP contribution is 2.45. The number of azide groups is 1. The summed E-state index contributed by atoms with van der Waals surface area (Å²) in [6, 6.07) is 21.5. The van der Waals surface area contributed by atoms with Crippen LogP contribution < -0.4 is 10.5 Å². The van der Waals surface area contributed by atoms with Gasteiger partial charge < -0.3 is 20.3 Å². The van der Waals surface area contributed by atoms with Crippen molar-refractivity contribution in [1.29, 1.82) is 0 Å². The number of hydrogen-bond donors (Lipinski definition) is 2. The van der Waals surface area contributed by atoms with Crippen molar-refractivity contribution in [3.63, 3.8) is 0 Å². The lowest BCUT2D eigenvalue weighted by Gasteiger charge is -2.30. The second kappa shape index (κ2) is 11.3. The number of hydrogen-bond acceptors (Lipinski definition) is 6. The first kappa shape index (κ1) is 25.2. The van der Waals surface area contributed by atoms with E-state index >= 15 is 0 Å². The molecule has 9 nitrogen and oxygen atoms in total. The smallest absolute Gasteiger partial charge is 0.250 e. The predicted molar refractivity (Wildman–Crippen MR) is 139 cm³/mol. The van der Waals surface area contributed by atoms with Crippen molar-refractivity contribution in [2.75, 3.05) is 13.2 Å². The Labute approximate surface area is 216 Å². The van der Waals surface area contributed by atoms with Crippen LogP contribution in [0.5, 0.6) is 5.75 Å². The summed E-state index contributed by atoms with van der Waals surface area (Å²) in [7, 11) is 0. The Morgan fingerprint density at radius 3 is 2.58 bits per heavy atom. The molecule has 184 valence electrons. The number of nitrogens with zero attached hydrogens (tertiary/aromatic N) is 4. The SMILES string of the molecule is [N-]=[N+]=Nc1ccccc1C[C@@]1(C(N)=O)N=C(c2ccc(OCCCO)cc2)O[C@@H]1c1ccccc1Br. The Kier molecular flexibility index (Phi) is 7.90. The molecule has 0 bridgehead atoms. The highest BCUT2D eigenvalue weighted by atomic mass is 79.9. The van der Waals surface area contributed by atoms with Gasteiger partial charge in [0.25, 0.3) is 0 Å². The molecule has 4 rings (SSSR count). The summed E-state index contributed by atoms with van der Waals surface area (Å²) in [5.74, 6) is 0.230. The maximum Gasteiger partial charge on any atom is 0.250 e. The van der Waals surface area contributed by atoms with Crippen LogP contribution in [0.1, 0.15) is 29.2 Å². The zero-order valence-electron chi connectivity index (χ0n) is 19.3. The Bertz CT molecular complexity index is 1320. The number of rotatable bonds is 10. The summed E-state index contributed by atoms with van der Waals surface area (Å²) in [6.45, 7) is 0.448. The minimum atomic E-state index is -1.50. The summed E-state index contributed by atoms with van der Waals surface area (Å²) in [5, 5.41) is 12.7. The third kappa shape index (κ3) is 5.21. The van der Waals surface area contributed by atoms with Crippen molar-refractivity contribution in [1.82, 2.24) is 0 Å². The van der Waals surface area contributed by atoms with E-state index < -0.39 is 17.6 Å². The van der Waals surface area contributed by atoms with Gasteiger partial charge in [0.2, 0.25) is 11.8 Å².